The Hall–Kier alpha value is -2.60. The number of nitrogens with one attached hydrogen (secondary N) is 1. The summed E-state index contributed by atoms with van der Waals surface area (Å²) in [7, 11) is 0. The highest BCUT2D eigenvalue weighted by Gasteiger charge is 2.13. The van der Waals surface area contributed by atoms with Gasteiger partial charge in [-0.05, 0) is 30.3 Å². The third kappa shape index (κ3) is 2.28. The summed E-state index contributed by atoms with van der Waals surface area (Å²) in [6.07, 6.45) is 0. The molecule has 0 saturated carbocycles. The van der Waals surface area contributed by atoms with Gasteiger partial charge >= 0.3 is 0 Å². The molecule has 6 heteroatoms. The zero-order valence-electron chi connectivity index (χ0n) is 10.3. The van der Waals surface area contributed by atoms with Crippen molar-refractivity contribution in [3.8, 4) is 5.75 Å². The molecule has 1 heterocycles. The number of carbonyl (C=O) groups excluding carboxylic acids is 1. The predicted molar refractivity (Wildman–Crippen MR) is 80.1 cm³/mol. The normalized spacial score (nSPS) is 10.6. The molecule has 0 unspecified atom stereocenters. The standard InChI is InChI=1S/C14H11N3O2S/c15-10-6-5-8(18)7-9(10)13(19)17-14-16-11-3-1-2-4-12(11)20-14/h1-7,18H,15H2,(H,16,17,19). The fourth-order valence-electron chi connectivity index (χ4n) is 1.83. The second-order valence-corrected chi connectivity index (χ2v) is 5.24. The minimum absolute atomic E-state index is 0.00588. The van der Waals surface area contributed by atoms with Gasteiger partial charge in [0.2, 0.25) is 0 Å². The van der Waals surface area contributed by atoms with Gasteiger partial charge in [0.15, 0.2) is 5.13 Å². The number of amides is 1. The fraction of sp³-hybridized carbons (Fsp3) is 0. The minimum atomic E-state index is -0.391. The van der Waals surface area contributed by atoms with E-state index in [1.165, 1.54) is 29.5 Å². The number of phenolic OH excluding ortho intramolecular Hbond substituents is 1. The molecule has 1 amide bonds. The van der Waals surface area contributed by atoms with E-state index < -0.39 is 5.91 Å². The van der Waals surface area contributed by atoms with Gasteiger partial charge < -0.3 is 10.8 Å². The van der Waals surface area contributed by atoms with Crippen molar-refractivity contribution in [1.29, 1.82) is 0 Å². The molecule has 2 aromatic carbocycles. The van der Waals surface area contributed by atoms with Crippen molar-refractivity contribution in [2.75, 3.05) is 11.1 Å². The van der Waals surface area contributed by atoms with Gasteiger partial charge in [0, 0.05) is 5.69 Å². The Kier molecular flexibility index (Phi) is 3.00. The van der Waals surface area contributed by atoms with Crippen LogP contribution >= 0.6 is 11.3 Å². The van der Waals surface area contributed by atoms with Crippen LogP contribution in [0, 0.1) is 0 Å². The molecule has 0 aliphatic rings. The molecule has 0 spiro atoms. The summed E-state index contributed by atoms with van der Waals surface area (Å²) in [5.74, 6) is -0.397. The Bertz CT molecular complexity index is 765. The maximum atomic E-state index is 12.1. The maximum absolute atomic E-state index is 12.1. The number of aromatic hydroxyl groups is 1. The summed E-state index contributed by atoms with van der Waals surface area (Å²) in [4.78, 5) is 16.4. The molecule has 100 valence electrons. The monoisotopic (exact) mass is 285 g/mol. The number of carbonyl (C=O) groups is 1. The van der Waals surface area contributed by atoms with Crippen LogP contribution in [0.15, 0.2) is 42.5 Å². The largest absolute Gasteiger partial charge is 0.508 e. The van der Waals surface area contributed by atoms with Gasteiger partial charge in [-0.15, -0.1) is 0 Å². The minimum Gasteiger partial charge on any atom is -0.508 e. The lowest BCUT2D eigenvalue weighted by Crippen LogP contribution is -2.13. The number of para-hydroxylation sites is 1. The van der Waals surface area contributed by atoms with Gasteiger partial charge in [-0.3, -0.25) is 10.1 Å². The van der Waals surface area contributed by atoms with E-state index in [-0.39, 0.29) is 11.3 Å². The van der Waals surface area contributed by atoms with Crippen molar-refractivity contribution in [1.82, 2.24) is 4.98 Å². The van der Waals surface area contributed by atoms with Crippen molar-refractivity contribution in [2.45, 2.75) is 0 Å². The quantitative estimate of drug-likeness (QED) is 0.499. The highest BCUT2D eigenvalue weighted by atomic mass is 32.1. The molecular formula is C14H11N3O2S. The number of benzene rings is 2. The van der Waals surface area contributed by atoms with Gasteiger partial charge in [0.1, 0.15) is 5.75 Å². The number of thiazole rings is 1. The number of rotatable bonds is 2. The van der Waals surface area contributed by atoms with E-state index in [1.54, 1.807) is 0 Å². The molecule has 0 radical (unpaired) electrons. The maximum Gasteiger partial charge on any atom is 0.259 e. The highest BCUT2D eigenvalue weighted by molar-refractivity contribution is 7.22. The molecule has 0 atom stereocenters. The van der Waals surface area contributed by atoms with Crippen LogP contribution in [0.2, 0.25) is 0 Å². The molecule has 4 N–H and O–H groups in total. The SMILES string of the molecule is Nc1ccc(O)cc1C(=O)Nc1nc2ccccc2s1. The van der Waals surface area contributed by atoms with E-state index in [2.05, 4.69) is 10.3 Å². The zero-order chi connectivity index (χ0) is 14.1. The van der Waals surface area contributed by atoms with Crippen molar-refractivity contribution < 1.29 is 9.90 Å². The summed E-state index contributed by atoms with van der Waals surface area (Å²) >= 11 is 1.38. The van der Waals surface area contributed by atoms with Crippen molar-refractivity contribution in [3.63, 3.8) is 0 Å². The Morgan fingerprint density at radius 3 is 2.85 bits per heavy atom. The van der Waals surface area contributed by atoms with E-state index >= 15 is 0 Å². The first kappa shape index (κ1) is 12.4. The molecule has 0 aliphatic carbocycles. The Morgan fingerprint density at radius 2 is 2.05 bits per heavy atom. The van der Waals surface area contributed by atoms with Crippen molar-refractivity contribution in [2.24, 2.45) is 0 Å². The van der Waals surface area contributed by atoms with E-state index in [1.807, 2.05) is 24.3 Å². The Balaban J connectivity index is 1.90. The lowest BCUT2D eigenvalue weighted by Gasteiger charge is -2.05. The molecule has 0 aliphatic heterocycles. The average Bonchev–Trinajstić information content (AvgIpc) is 2.83. The third-order valence-electron chi connectivity index (χ3n) is 2.80. The van der Waals surface area contributed by atoms with Gasteiger partial charge in [-0.2, -0.15) is 0 Å². The first-order valence-electron chi connectivity index (χ1n) is 5.89. The number of nitrogens with zero attached hydrogens (tertiary/aromatic N) is 1. The predicted octanol–water partition coefficient (Wildman–Crippen LogP) is 2.84. The van der Waals surface area contributed by atoms with Crippen LogP contribution in [0.3, 0.4) is 0 Å². The number of hydrogen-bond donors (Lipinski definition) is 3. The molecular weight excluding hydrogens is 274 g/mol. The van der Waals surface area contributed by atoms with Gasteiger partial charge in [-0.25, -0.2) is 4.98 Å². The number of nitrogens with two attached hydrogens (primary N) is 1. The summed E-state index contributed by atoms with van der Waals surface area (Å²) < 4.78 is 0.992. The second-order valence-electron chi connectivity index (χ2n) is 4.21. The molecule has 0 bridgehead atoms. The first-order valence-corrected chi connectivity index (χ1v) is 6.70. The number of aromatic nitrogens is 1. The Morgan fingerprint density at radius 1 is 1.25 bits per heavy atom. The third-order valence-corrected chi connectivity index (χ3v) is 3.75. The molecule has 20 heavy (non-hydrogen) atoms. The fourth-order valence-corrected chi connectivity index (χ4v) is 2.69. The number of anilines is 2. The number of hydrogen-bond acceptors (Lipinski definition) is 5. The number of fused-ring (bicyclic) bond motifs is 1. The summed E-state index contributed by atoms with van der Waals surface area (Å²) in [5, 5.41) is 12.6. The number of nitrogen functional groups attached to an aromatic ring is 1. The lowest BCUT2D eigenvalue weighted by atomic mass is 10.1. The van der Waals surface area contributed by atoms with E-state index in [0.29, 0.717) is 10.8 Å². The van der Waals surface area contributed by atoms with Crippen molar-refractivity contribution >= 4 is 38.3 Å². The highest BCUT2D eigenvalue weighted by Crippen LogP contribution is 2.26. The molecule has 1 aromatic heterocycles. The summed E-state index contributed by atoms with van der Waals surface area (Å²) in [6.45, 7) is 0. The average molecular weight is 285 g/mol. The van der Waals surface area contributed by atoms with Crippen LogP contribution in [0.5, 0.6) is 5.75 Å². The molecule has 5 nitrogen and oxygen atoms in total. The molecule has 0 saturated heterocycles. The van der Waals surface area contributed by atoms with Crippen LogP contribution in [-0.2, 0) is 0 Å². The Labute approximate surface area is 118 Å². The lowest BCUT2D eigenvalue weighted by molar-refractivity contribution is 0.102. The van der Waals surface area contributed by atoms with Crippen LogP contribution in [0.25, 0.3) is 10.2 Å². The number of phenols is 1. The van der Waals surface area contributed by atoms with Crippen LogP contribution < -0.4 is 11.1 Å². The van der Waals surface area contributed by atoms with Crippen LogP contribution in [-0.4, -0.2) is 16.0 Å². The molecule has 0 fully saturated rings. The van der Waals surface area contributed by atoms with Gasteiger partial charge in [0.25, 0.3) is 5.91 Å². The topological polar surface area (TPSA) is 88.2 Å². The molecule has 3 aromatic rings. The van der Waals surface area contributed by atoms with Gasteiger partial charge in [0.05, 0.1) is 15.8 Å². The summed E-state index contributed by atoms with van der Waals surface area (Å²) in [5.41, 5.74) is 7.09. The van der Waals surface area contributed by atoms with Crippen molar-refractivity contribution in [3.05, 3.63) is 48.0 Å². The van der Waals surface area contributed by atoms with E-state index in [9.17, 15) is 9.90 Å². The van der Waals surface area contributed by atoms with Crippen LogP contribution in [0.1, 0.15) is 10.4 Å². The smallest absolute Gasteiger partial charge is 0.259 e. The first-order chi connectivity index (χ1) is 9.63. The van der Waals surface area contributed by atoms with Crippen LogP contribution in [0.4, 0.5) is 10.8 Å². The van der Waals surface area contributed by atoms with E-state index in [0.717, 1.165) is 10.2 Å². The van der Waals surface area contributed by atoms with Gasteiger partial charge in [-0.1, -0.05) is 23.5 Å². The zero-order valence-corrected chi connectivity index (χ0v) is 11.1. The summed E-state index contributed by atoms with van der Waals surface area (Å²) in [6, 6.07) is 11.9. The molecule has 3 rings (SSSR count). The second kappa shape index (κ2) is 4.82. The van der Waals surface area contributed by atoms with E-state index in [4.69, 9.17) is 5.73 Å².